The summed E-state index contributed by atoms with van der Waals surface area (Å²) in [6, 6.07) is 15.1. The van der Waals surface area contributed by atoms with Gasteiger partial charge in [0.05, 0.1) is 18.7 Å². The molecule has 2 aliphatic rings. The van der Waals surface area contributed by atoms with Crippen LogP contribution in [0.25, 0.3) is 0 Å². The quantitative estimate of drug-likeness (QED) is 0.573. The molecule has 6 heteroatoms. The molecule has 0 radical (unpaired) electrons. The Morgan fingerprint density at radius 1 is 1.12 bits per heavy atom. The number of nitrogens with zero attached hydrogens (tertiary/aromatic N) is 1. The molecule has 1 aliphatic carbocycles. The fourth-order valence-corrected chi connectivity index (χ4v) is 5.30. The number of methoxy groups -OCH3 is 1. The van der Waals surface area contributed by atoms with Crippen molar-refractivity contribution in [3.8, 4) is 5.75 Å². The Bertz CT molecular complexity index is 1150. The topological polar surface area (TPSA) is 67.8 Å². The molecule has 1 saturated carbocycles. The van der Waals surface area contributed by atoms with Gasteiger partial charge in [0, 0.05) is 33.8 Å². The van der Waals surface area contributed by atoms with Crippen LogP contribution in [-0.2, 0) is 9.59 Å². The van der Waals surface area contributed by atoms with E-state index in [4.69, 9.17) is 9.73 Å². The molecule has 1 heterocycles. The van der Waals surface area contributed by atoms with Crippen LogP contribution in [0.5, 0.6) is 5.75 Å². The lowest BCUT2D eigenvalue weighted by molar-refractivity contribution is -0.124. The first-order valence-electron chi connectivity index (χ1n) is 10.7. The predicted molar refractivity (Wildman–Crippen MR) is 130 cm³/mol. The number of para-hydroxylation sites is 2. The van der Waals surface area contributed by atoms with E-state index in [-0.39, 0.29) is 17.1 Å². The number of hydrogen-bond donors (Lipinski definition) is 1. The molecule has 2 atom stereocenters. The number of hydrogen-bond acceptors (Lipinski definition) is 4. The molecule has 0 aromatic heterocycles. The largest absolute Gasteiger partial charge is 0.495 e. The molecule has 0 unspecified atom stereocenters. The van der Waals surface area contributed by atoms with Crippen LogP contribution in [0, 0.1) is 11.3 Å². The number of benzene rings is 2. The molecule has 32 heavy (non-hydrogen) atoms. The number of ketones is 1. The van der Waals surface area contributed by atoms with Gasteiger partial charge in [-0.3, -0.25) is 14.6 Å². The van der Waals surface area contributed by atoms with Crippen LogP contribution in [0.4, 0.5) is 5.69 Å². The molecule has 4 rings (SSSR count). The fourth-order valence-electron chi connectivity index (χ4n) is 4.89. The SMILES string of the molecule is COc1ccccc1NC(=O)C1=C(C)N=C2CC(C)(C)CC(=O)[C@@H]2[C@H]1c1cccc(Br)c1. The van der Waals surface area contributed by atoms with Gasteiger partial charge >= 0.3 is 0 Å². The van der Waals surface area contributed by atoms with Gasteiger partial charge < -0.3 is 10.1 Å². The number of rotatable bonds is 4. The number of carbonyl (C=O) groups excluding carboxylic acids is 2. The van der Waals surface area contributed by atoms with E-state index in [1.165, 1.54) is 0 Å². The minimum atomic E-state index is -0.431. The summed E-state index contributed by atoms with van der Waals surface area (Å²) in [6.07, 6.45) is 1.22. The molecule has 166 valence electrons. The molecular weight excluding hydrogens is 468 g/mol. The van der Waals surface area contributed by atoms with Gasteiger partial charge in [0.2, 0.25) is 0 Å². The molecule has 1 fully saturated rings. The lowest BCUT2D eigenvalue weighted by atomic mass is 9.63. The number of aliphatic imine (C=N–C) groups is 1. The van der Waals surface area contributed by atoms with Gasteiger partial charge in [0.25, 0.3) is 5.91 Å². The number of allylic oxidation sites excluding steroid dienone is 1. The van der Waals surface area contributed by atoms with Crippen molar-refractivity contribution >= 4 is 39.0 Å². The highest BCUT2D eigenvalue weighted by Crippen LogP contribution is 2.47. The fraction of sp³-hybridized carbons (Fsp3) is 0.346. The zero-order chi connectivity index (χ0) is 23.0. The van der Waals surface area contributed by atoms with Crippen molar-refractivity contribution in [2.75, 3.05) is 12.4 Å². The Morgan fingerprint density at radius 3 is 2.59 bits per heavy atom. The predicted octanol–water partition coefficient (Wildman–Crippen LogP) is 5.91. The Morgan fingerprint density at radius 2 is 1.88 bits per heavy atom. The molecule has 1 aliphatic heterocycles. The van der Waals surface area contributed by atoms with Crippen molar-refractivity contribution in [1.29, 1.82) is 0 Å². The first kappa shape index (κ1) is 22.5. The van der Waals surface area contributed by atoms with Crippen molar-refractivity contribution in [3.63, 3.8) is 0 Å². The highest BCUT2D eigenvalue weighted by atomic mass is 79.9. The summed E-state index contributed by atoms with van der Waals surface area (Å²) in [5, 5.41) is 2.99. The Hall–Kier alpha value is -2.73. The number of fused-ring (bicyclic) bond motifs is 1. The highest BCUT2D eigenvalue weighted by Gasteiger charge is 2.47. The molecular formula is C26H27BrN2O3. The molecule has 0 saturated heterocycles. The van der Waals surface area contributed by atoms with Crippen LogP contribution >= 0.6 is 15.9 Å². The number of nitrogens with one attached hydrogen (secondary N) is 1. The van der Waals surface area contributed by atoms with Crippen molar-refractivity contribution in [1.82, 2.24) is 0 Å². The summed E-state index contributed by atoms with van der Waals surface area (Å²) in [7, 11) is 1.57. The Labute approximate surface area is 197 Å². The molecule has 1 amide bonds. The van der Waals surface area contributed by atoms with E-state index in [1.807, 2.05) is 43.3 Å². The molecule has 2 aromatic carbocycles. The van der Waals surface area contributed by atoms with Gasteiger partial charge in [-0.2, -0.15) is 0 Å². The van der Waals surface area contributed by atoms with Crippen LogP contribution in [-0.4, -0.2) is 24.5 Å². The summed E-state index contributed by atoms with van der Waals surface area (Å²) in [4.78, 5) is 31.8. The molecule has 0 bridgehead atoms. The third-order valence-corrected chi connectivity index (χ3v) is 6.66. The zero-order valence-electron chi connectivity index (χ0n) is 18.7. The van der Waals surface area contributed by atoms with E-state index in [1.54, 1.807) is 19.2 Å². The average molecular weight is 495 g/mol. The summed E-state index contributed by atoms with van der Waals surface area (Å²) in [5.74, 6) is -0.371. The summed E-state index contributed by atoms with van der Waals surface area (Å²) in [5.41, 5.74) is 3.43. The first-order chi connectivity index (χ1) is 15.2. The molecule has 0 spiro atoms. The van der Waals surface area contributed by atoms with E-state index in [0.29, 0.717) is 29.1 Å². The smallest absolute Gasteiger partial charge is 0.254 e. The van der Waals surface area contributed by atoms with Crippen molar-refractivity contribution in [3.05, 3.63) is 69.8 Å². The van der Waals surface area contributed by atoms with Crippen LogP contribution in [0.2, 0.25) is 0 Å². The highest BCUT2D eigenvalue weighted by molar-refractivity contribution is 9.10. The van der Waals surface area contributed by atoms with Crippen LogP contribution in [0.1, 0.15) is 45.1 Å². The second-order valence-corrected chi connectivity index (χ2v) is 10.2. The van der Waals surface area contributed by atoms with Gasteiger partial charge in [-0.15, -0.1) is 0 Å². The lowest BCUT2D eigenvalue weighted by Crippen LogP contribution is -2.44. The third kappa shape index (κ3) is 4.29. The van der Waals surface area contributed by atoms with E-state index < -0.39 is 11.8 Å². The third-order valence-electron chi connectivity index (χ3n) is 6.17. The maximum absolute atomic E-state index is 13.6. The molecule has 1 N–H and O–H groups in total. The summed E-state index contributed by atoms with van der Waals surface area (Å²) >= 11 is 3.55. The van der Waals surface area contributed by atoms with Gasteiger partial charge in [-0.25, -0.2) is 0 Å². The number of Topliss-reactive ketones (excluding diaryl/α,β-unsaturated/α-hetero) is 1. The minimum absolute atomic E-state index is 0.133. The van der Waals surface area contributed by atoms with Gasteiger partial charge in [-0.05, 0) is 48.6 Å². The van der Waals surface area contributed by atoms with E-state index >= 15 is 0 Å². The van der Waals surface area contributed by atoms with Crippen LogP contribution in [0.15, 0.2) is 69.3 Å². The van der Waals surface area contributed by atoms with Crippen LogP contribution in [0.3, 0.4) is 0 Å². The zero-order valence-corrected chi connectivity index (χ0v) is 20.3. The standard InChI is InChI=1S/C26H27BrN2O3/c1-15-22(25(31)29-18-10-5-6-11-21(18)32-4)23(16-8-7-9-17(27)12-16)24-19(28-15)13-26(2,3)14-20(24)30/h5-12,23-24H,13-14H2,1-4H3,(H,29,31)/t23-,24+/m0/s1. The number of halogens is 1. The summed E-state index contributed by atoms with van der Waals surface area (Å²) < 4.78 is 6.30. The lowest BCUT2D eigenvalue weighted by Gasteiger charge is -2.41. The van der Waals surface area contributed by atoms with Crippen LogP contribution < -0.4 is 10.1 Å². The number of carbonyl (C=O) groups is 2. The van der Waals surface area contributed by atoms with Gasteiger partial charge in [-0.1, -0.05) is 54.0 Å². The van der Waals surface area contributed by atoms with E-state index in [2.05, 4.69) is 35.1 Å². The maximum Gasteiger partial charge on any atom is 0.254 e. The maximum atomic E-state index is 13.6. The van der Waals surface area contributed by atoms with Crippen molar-refractivity contribution in [2.24, 2.45) is 16.3 Å². The Balaban J connectivity index is 1.82. The normalized spacial score (nSPS) is 22.2. The second-order valence-electron chi connectivity index (χ2n) is 9.25. The molecule has 5 nitrogen and oxygen atoms in total. The van der Waals surface area contributed by atoms with Gasteiger partial charge in [0.1, 0.15) is 11.5 Å². The Kier molecular flexibility index (Phi) is 6.08. The molecule has 2 aromatic rings. The first-order valence-corrected chi connectivity index (χ1v) is 11.5. The van der Waals surface area contributed by atoms with Crippen molar-refractivity contribution < 1.29 is 14.3 Å². The van der Waals surface area contributed by atoms with E-state index in [9.17, 15) is 9.59 Å². The van der Waals surface area contributed by atoms with Crippen molar-refractivity contribution in [2.45, 2.75) is 39.5 Å². The second kappa shape index (κ2) is 8.66. The number of amides is 1. The average Bonchev–Trinajstić information content (AvgIpc) is 2.72. The number of ether oxygens (including phenoxy) is 1. The monoisotopic (exact) mass is 494 g/mol. The minimum Gasteiger partial charge on any atom is -0.495 e. The van der Waals surface area contributed by atoms with Gasteiger partial charge in [0.15, 0.2) is 0 Å². The van der Waals surface area contributed by atoms with E-state index in [0.717, 1.165) is 22.2 Å². The number of anilines is 1. The summed E-state index contributed by atoms with van der Waals surface area (Å²) in [6.45, 7) is 6.05.